The quantitative estimate of drug-likeness (QED) is 0.269. The Morgan fingerprint density at radius 3 is 2.12 bits per heavy atom. The van der Waals surface area contributed by atoms with E-state index in [2.05, 4.69) is 0 Å². The maximum atomic E-state index is 13.2. The first-order valence-electron chi connectivity index (χ1n) is 10.6. The Morgan fingerprint density at radius 1 is 1.03 bits per heavy atom. The Hall–Kier alpha value is -4.12. The zero-order chi connectivity index (χ0) is 24.6. The van der Waals surface area contributed by atoms with Crippen LogP contribution in [0.2, 0.25) is 0 Å². The fourth-order valence-corrected chi connectivity index (χ4v) is 4.65. The fraction of sp³-hybridized carbons (Fsp3) is 0.304. The molecule has 0 spiro atoms. The Bertz CT molecular complexity index is 1190. The maximum absolute atomic E-state index is 13.2. The lowest BCUT2D eigenvalue weighted by atomic mass is 9.78. The highest BCUT2D eigenvalue weighted by molar-refractivity contribution is 6.07. The average molecular weight is 467 g/mol. The second kappa shape index (κ2) is 9.02. The third kappa shape index (κ3) is 3.90. The van der Waals surface area contributed by atoms with Crippen molar-refractivity contribution >= 4 is 28.8 Å². The number of hydrogen-bond donors (Lipinski definition) is 1. The van der Waals surface area contributed by atoms with Gasteiger partial charge in [-0.2, -0.15) is 0 Å². The van der Waals surface area contributed by atoms with Gasteiger partial charge in [0.05, 0.1) is 21.8 Å². The molecule has 2 aromatic rings. The fourth-order valence-electron chi connectivity index (χ4n) is 4.65. The summed E-state index contributed by atoms with van der Waals surface area (Å²) in [7, 11) is 0. The molecule has 1 saturated heterocycles. The molecule has 1 N–H and O–H groups in total. The van der Waals surface area contributed by atoms with Gasteiger partial charge in [-0.3, -0.25) is 25.0 Å². The van der Waals surface area contributed by atoms with E-state index in [-0.39, 0.29) is 54.6 Å². The van der Waals surface area contributed by atoms with Crippen molar-refractivity contribution < 1.29 is 29.3 Å². The van der Waals surface area contributed by atoms with Crippen LogP contribution in [0, 0.1) is 32.1 Å². The normalized spacial score (nSPS) is 21.2. The number of non-ortho nitro benzene ring substituents is 2. The molecule has 176 valence electrons. The number of aliphatic hydroxyl groups excluding tert-OH is 1. The topological polar surface area (TPSA) is 153 Å². The van der Waals surface area contributed by atoms with Crippen LogP contribution in [-0.4, -0.2) is 44.4 Å². The monoisotopic (exact) mass is 467 g/mol. The first-order valence-corrected chi connectivity index (χ1v) is 10.6. The molecule has 0 aliphatic carbocycles. The van der Waals surface area contributed by atoms with Gasteiger partial charge in [0, 0.05) is 36.8 Å². The number of fused-ring (bicyclic) bond motifs is 1. The van der Waals surface area contributed by atoms with Crippen molar-refractivity contribution in [1.29, 1.82) is 0 Å². The molecule has 0 bridgehead atoms. The number of aliphatic hydroxyl groups is 1. The van der Waals surface area contributed by atoms with Crippen LogP contribution in [0.3, 0.4) is 0 Å². The van der Waals surface area contributed by atoms with Crippen molar-refractivity contribution in [2.45, 2.75) is 26.0 Å². The predicted molar refractivity (Wildman–Crippen MR) is 118 cm³/mol. The van der Waals surface area contributed by atoms with E-state index in [1.54, 1.807) is 0 Å². The zero-order valence-electron chi connectivity index (χ0n) is 18.1. The molecule has 11 heteroatoms. The molecule has 4 rings (SSSR count). The number of nitro benzene ring substituents is 2. The van der Waals surface area contributed by atoms with Gasteiger partial charge in [0.2, 0.25) is 5.91 Å². The number of β-lactam (4-membered cyclic amide) rings is 1. The summed E-state index contributed by atoms with van der Waals surface area (Å²) in [6.07, 6.45) is 0.267. The third-order valence-electron chi connectivity index (χ3n) is 6.27. The summed E-state index contributed by atoms with van der Waals surface area (Å²) >= 11 is 0. The Morgan fingerprint density at radius 2 is 1.59 bits per heavy atom. The van der Waals surface area contributed by atoms with Crippen molar-refractivity contribution in [1.82, 2.24) is 4.90 Å². The van der Waals surface area contributed by atoms with Crippen LogP contribution < -0.4 is 0 Å². The number of benzene rings is 2. The molecule has 0 aromatic heterocycles. The van der Waals surface area contributed by atoms with Crippen molar-refractivity contribution in [2.75, 3.05) is 6.61 Å². The number of carbonyl (C=O) groups excluding carboxylic acids is 2. The van der Waals surface area contributed by atoms with E-state index < -0.39 is 21.7 Å². The van der Waals surface area contributed by atoms with Crippen molar-refractivity contribution in [2.24, 2.45) is 11.8 Å². The lowest BCUT2D eigenvalue weighted by molar-refractivity contribution is -0.385. The Labute approximate surface area is 193 Å². The van der Waals surface area contributed by atoms with E-state index in [1.807, 2.05) is 6.92 Å². The second-order valence-corrected chi connectivity index (χ2v) is 8.17. The van der Waals surface area contributed by atoms with Gasteiger partial charge in [-0.25, -0.2) is 4.79 Å². The van der Waals surface area contributed by atoms with E-state index in [0.717, 1.165) is 0 Å². The highest BCUT2D eigenvalue weighted by Crippen LogP contribution is 2.50. The molecule has 34 heavy (non-hydrogen) atoms. The number of esters is 1. The number of amides is 1. The van der Waals surface area contributed by atoms with E-state index in [9.17, 15) is 34.9 Å². The second-order valence-electron chi connectivity index (χ2n) is 8.17. The van der Waals surface area contributed by atoms with Gasteiger partial charge >= 0.3 is 5.97 Å². The molecule has 2 aromatic carbocycles. The van der Waals surface area contributed by atoms with Crippen LogP contribution >= 0.6 is 0 Å². The molecule has 2 heterocycles. The number of rotatable bonds is 8. The van der Waals surface area contributed by atoms with Gasteiger partial charge in [-0.05, 0) is 47.4 Å². The summed E-state index contributed by atoms with van der Waals surface area (Å²) in [4.78, 5) is 48.1. The smallest absolute Gasteiger partial charge is 0.355 e. The number of nitro groups is 2. The van der Waals surface area contributed by atoms with Crippen molar-refractivity contribution in [3.63, 3.8) is 0 Å². The van der Waals surface area contributed by atoms with Crippen molar-refractivity contribution in [3.05, 3.63) is 85.6 Å². The van der Waals surface area contributed by atoms with Crippen LogP contribution in [0.5, 0.6) is 0 Å². The summed E-state index contributed by atoms with van der Waals surface area (Å²) in [5.41, 5.74) is 1.52. The molecule has 0 unspecified atom stereocenters. The third-order valence-corrected chi connectivity index (χ3v) is 6.27. The van der Waals surface area contributed by atoms with Gasteiger partial charge < -0.3 is 14.7 Å². The Balaban J connectivity index is 1.64. The molecule has 3 atom stereocenters. The summed E-state index contributed by atoms with van der Waals surface area (Å²) in [6.45, 7) is 1.54. The van der Waals surface area contributed by atoms with Crippen LogP contribution in [0.4, 0.5) is 11.4 Å². The van der Waals surface area contributed by atoms with E-state index >= 15 is 0 Å². The highest BCUT2D eigenvalue weighted by Gasteiger charge is 2.58. The molecular formula is C23H21N3O8. The average Bonchev–Trinajstić information content (AvgIpc) is 3.10. The minimum absolute atomic E-state index is 0.0763. The Kier molecular flexibility index (Phi) is 6.12. The van der Waals surface area contributed by atoms with Gasteiger partial charge in [0.15, 0.2) is 0 Å². The molecule has 1 fully saturated rings. The predicted octanol–water partition coefficient (Wildman–Crippen LogP) is 2.82. The summed E-state index contributed by atoms with van der Waals surface area (Å²) in [5, 5.41) is 31.2. The minimum atomic E-state index is -0.739. The van der Waals surface area contributed by atoms with Gasteiger partial charge in [0.25, 0.3) is 11.4 Å². The molecular weight excluding hydrogens is 446 g/mol. The number of carbonyl (C=O) groups is 2. The molecule has 0 saturated carbocycles. The lowest BCUT2D eigenvalue weighted by Crippen LogP contribution is -2.60. The molecule has 11 nitrogen and oxygen atoms in total. The molecule has 1 amide bonds. The summed E-state index contributed by atoms with van der Waals surface area (Å²) < 4.78 is 5.45. The first kappa shape index (κ1) is 23.1. The number of nitrogens with zero attached hydrogens (tertiary/aromatic N) is 3. The van der Waals surface area contributed by atoms with Gasteiger partial charge in [-0.1, -0.05) is 6.92 Å². The van der Waals surface area contributed by atoms with Crippen LogP contribution in [0.1, 0.15) is 24.5 Å². The van der Waals surface area contributed by atoms with Crippen LogP contribution in [0.15, 0.2) is 54.2 Å². The zero-order valence-corrected chi connectivity index (χ0v) is 18.1. The molecule has 0 radical (unpaired) electrons. The standard InChI is InChI=1S/C23H21N3O8/c1-13-19(15-4-8-17(9-5-15)26(32)33)21(24-20(13)18(10-11-27)22(24)28)23(29)34-12-14-2-6-16(7-3-14)25(30)31/h2-9,13,18,20,27H,10-12H2,1H3/t13-,18-,20+/m0/s1. The molecule has 2 aliphatic heterocycles. The summed E-state index contributed by atoms with van der Waals surface area (Å²) in [5.74, 6) is -1.73. The van der Waals surface area contributed by atoms with Crippen molar-refractivity contribution in [3.8, 4) is 0 Å². The van der Waals surface area contributed by atoms with Gasteiger partial charge in [-0.15, -0.1) is 0 Å². The van der Waals surface area contributed by atoms with Gasteiger partial charge in [0.1, 0.15) is 12.3 Å². The van der Waals surface area contributed by atoms with E-state index in [4.69, 9.17) is 4.74 Å². The first-order chi connectivity index (χ1) is 16.2. The van der Waals surface area contributed by atoms with E-state index in [1.165, 1.54) is 53.4 Å². The molecule has 2 aliphatic rings. The minimum Gasteiger partial charge on any atom is -0.456 e. The SMILES string of the molecule is C[C@H]1C(c2ccc([N+](=O)[O-])cc2)=C(C(=O)OCc2ccc([N+](=O)[O-])cc2)N2C(=O)[C@@H](CCO)[C@@H]12. The van der Waals surface area contributed by atoms with Crippen LogP contribution in [-0.2, 0) is 20.9 Å². The maximum Gasteiger partial charge on any atom is 0.355 e. The number of ether oxygens (including phenoxy) is 1. The highest BCUT2D eigenvalue weighted by atomic mass is 16.6. The lowest BCUT2D eigenvalue weighted by Gasteiger charge is -2.45. The number of hydrogen-bond acceptors (Lipinski definition) is 8. The van der Waals surface area contributed by atoms with E-state index in [0.29, 0.717) is 16.7 Å². The largest absolute Gasteiger partial charge is 0.456 e. The summed E-state index contributed by atoms with van der Waals surface area (Å²) in [6, 6.07) is 11.0. The van der Waals surface area contributed by atoms with Crippen LogP contribution in [0.25, 0.3) is 5.57 Å².